The van der Waals surface area contributed by atoms with Gasteiger partial charge in [-0.15, -0.1) is 0 Å². The molecule has 0 saturated heterocycles. The Hall–Kier alpha value is -4.58. The van der Waals surface area contributed by atoms with Gasteiger partial charge in [0.15, 0.2) is 29.4 Å². The van der Waals surface area contributed by atoms with Gasteiger partial charge in [-0.2, -0.15) is 8.75 Å². The lowest BCUT2D eigenvalue weighted by molar-refractivity contribution is -0.187. The number of carbonyl (C=O) groups excluding carboxylic acids is 3. The van der Waals surface area contributed by atoms with E-state index in [1.165, 1.54) is 0 Å². The summed E-state index contributed by atoms with van der Waals surface area (Å²) in [6.07, 6.45) is -3.28. The van der Waals surface area contributed by atoms with Crippen LogP contribution in [-0.2, 0) is 38.1 Å². The first-order valence-corrected chi connectivity index (χ1v) is 13.0. The van der Waals surface area contributed by atoms with E-state index < -0.39 is 72.6 Å². The molecule has 5 atom stereocenters. The Kier molecular flexibility index (Phi) is 10.3. The van der Waals surface area contributed by atoms with Gasteiger partial charge in [-0.3, -0.25) is 14.4 Å². The summed E-state index contributed by atoms with van der Waals surface area (Å²) in [5.74, 6) is -4.84. The molecule has 1 aromatic heterocycles. The first-order valence-electron chi connectivity index (χ1n) is 11.8. The van der Waals surface area contributed by atoms with E-state index in [9.17, 15) is 24.3 Å². The minimum atomic E-state index is -1.53. The van der Waals surface area contributed by atoms with E-state index in [1.807, 2.05) is 0 Å². The van der Waals surface area contributed by atoms with Crippen molar-refractivity contribution in [3.63, 3.8) is 0 Å². The van der Waals surface area contributed by atoms with E-state index in [4.69, 9.17) is 42.6 Å². The molecule has 2 heterocycles. The molecule has 1 aromatic carbocycles. The van der Waals surface area contributed by atoms with E-state index in [0.29, 0.717) is 16.7 Å². The smallest absolute Gasteiger partial charge is 0.370 e. The van der Waals surface area contributed by atoms with Crippen molar-refractivity contribution in [1.82, 2.24) is 14.1 Å². The second kappa shape index (κ2) is 13.7. The lowest BCUT2D eigenvalue weighted by Gasteiger charge is -2.41. The van der Waals surface area contributed by atoms with Crippen molar-refractivity contribution in [2.24, 2.45) is 16.5 Å². The Balaban J connectivity index is 2.04. The monoisotopic (exact) mass is 609 g/mol. The number of fused-ring (bicyclic) bond motifs is 1. The molecule has 1 aliphatic rings. The molecule has 0 amide bonds. The average Bonchev–Trinajstić information content (AvgIpc) is 3.33. The molecule has 0 saturated carbocycles. The van der Waals surface area contributed by atoms with E-state index in [2.05, 4.69) is 24.4 Å². The number of aliphatic imine (C=N–C) groups is 1. The van der Waals surface area contributed by atoms with Crippen molar-refractivity contribution in [1.29, 1.82) is 0 Å². The Bertz CT molecular complexity index is 1390. The highest BCUT2D eigenvalue weighted by Gasteiger charge is 2.48. The molecule has 7 N–H and O–H groups in total. The Morgan fingerprint density at radius 2 is 1.80 bits per heavy atom. The van der Waals surface area contributed by atoms with Crippen molar-refractivity contribution in [3.8, 4) is 0 Å². The number of ether oxygens (including phenoxy) is 4. The summed E-state index contributed by atoms with van der Waals surface area (Å²) < 4.78 is 29.8. The molecule has 1 aliphatic heterocycles. The number of anilines is 1. The third kappa shape index (κ3) is 8.70. The number of aromatic nitrogens is 2. The van der Waals surface area contributed by atoms with E-state index in [-0.39, 0.29) is 5.11 Å². The van der Waals surface area contributed by atoms with Crippen LogP contribution in [0.1, 0.15) is 20.8 Å². The van der Waals surface area contributed by atoms with E-state index >= 15 is 0 Å². The van der Waals surface area contributed by atoms with Gasteiger partial charge in [0.1, 0.15) is 17.6 Å². The summed E-state index contributed by atoms with van der Waals surface area (Å²) in [6, 6.07) is 2.88. The van der Waals surface area contributed by atoms with E-state index in [1.54, 1.807) is 18.2 Å². The maximum Gasteiger partial charge on any atom is 0.370 e. The number of nitrogens with zero attached hydrogens (tertiary/aromatic N) is 3. The first-order chi connectivity index (χ1) is 19.3. The number of carboxylic acids is 1. The summed E-state index contributed by atoms with van der Waals surface area (Å²) in [4.78, 5) is 51.7. The number of nitrogens with two attached hydrogens (primary N) is 2. The topological polar surface area (TPSA) is 240 Å². The van der Waals surface area contributed by atoms with Crippen molar-refractivity contribution in [3.05, 3.63) is 30.0 Å². The van der Waals surface area contributed by atoms with Crippen LogP contribution in [-0.4, -0.2) is 85.8 Å². The van der Waals surface area contributed by atoms with Crippen LogP contribution in [0.4, 0.5) is 5.69 Å². The molecule has 0 unspecified atom stereocenters. The Labute approximate surface area is 242 Å². The molecule has 3 rings (SSSR count). The molecular weight excluding hydrogens is 582 g/mol. The maximum atomic E-state index is 12.2. The second-order valence-electron chi connectivity index (χ2n) is 8.58. The van der Waals surface area contributed by atoms with Crippen molar-refractivity contribution in [2.45, 2.75) is 51.2 Å². The standard InChI is InChI=1S/C23H27N7O9S2/c1-9(31)36-8-17(37-10(2)32)19(38-11(3)33)20-18(15(27-22(24)25)7-16(39-20)21(34)35)28-23(40)26-12-4-5-13-14(6-12)30-41-29-13/h4-7,15,17-20H,8H2,1-3H3,(H,34,35)(H4,24,25,27)(H2,26,28,40)/t15-,17+,18+,19+,20+/m0/s1. The third-order valence-electron chi connectivity index (χ3n) is 5.39. The van der Waals surface area contributed by atoms with Crippen LogP contribution < -0.4 is 22.1 Å². The highest BCUT2D eigenvalue weighted by atomic mass is 32.1. The molecule has 41 heavy (non-hydrogen) atoms. The van der Waals surface area contributed by atoms with Gasteiger partial charge in [0.25, 0.3) is 0 Å². The van der Waals surface area contributed by atoms with Crippen LogP contribution in [0.15, 0.2) is 35.0 Å². The fourth-order valence-electron chi connectivity index (χ4n) is 3.90. The molecule has 16 nitrogen and oxygen atoms in total. The van der Waals surface area contributed by atoms with Crippen LogP contribution in [0.5, 0.6) is 0 Å². The molecular formula is C23H27N7O9S2. The van der Waals surface area contributed by atoms with Crippen molar-refractivity contribution >= 4 is 75.6 Å². The number of carboxylic acid groups (broad SMARTS) is 1. The average molecular weight is 610 g/mol. The lowest BCUT2D eigenvalue weighted by atomic mass is 9.92. The number of thiocarbonyl (C=S) groups is 1. The molecule has 0 radical (unpaired) electrons. The zero-order chi connectivity index (χ0) is 30.3. The summed E-state index contributed by atoms with van der Waals surface area (Å²) in [5, 5.41) is 15.7. The van der Waals surface area contributed by atoms with Crippen LogP contribution in [0, 0.1) is 0 Å². The number of guanidine groups is 1. The fraction of sp³-hybridized carbons (Fsp3) is 0.391. The van der Waals surface area contributed by atoms with Gasteiger partial charge in [-0.25, -0.2) is 9.79 Å². The fourth-order valence-corrected chi connectivity index (χ4v) is 4.67. The highest BCUT2D eigenvalue weighted by Crippen LogP contribution is 2.28. The molecule has 0 spiro atoms. The second-order valence-corrected chi connectivity index (χ2v) is 9.52. The summed E-state index contributed by atoms with van der Waals surface area (Å²) >= 11 is 6.54. The number of benzene rings is 1. The predicted molar refractivity (Wildman–Crippen MR) is 148 cm³/mol. The van der Waals surface area contributed by atoms with Gasteiger partial charge in [-0.1, -0.05) is 0 Å². The zero-order valence-electron chi connectivity index (χ0n) is 21.9. The normalized spacial score (nSPS) is 19.4. The van der Waals surface area contributed by atoms with Gasteiger partial charge in [0, 0.05) is 26.5 Å². The summed E-state index contributed by atoms with van der Waals surface area (Å²) in [7, 11) is 0. The number of nitrogens with one attached hydrogen (secondary N) is 2. The van der Waals surface area contributed by atoms with Crippen LogP contribution >= 0.6 is 23.9 Å². The molecule has 0 fully saturated rings. The number of carbonyl (C=O) groups is 4. The van der Waals surface area contributed by atoms with Crippen molar-refractivity contribution < 1.29 is 43.2 Å². The van der Waals surface area contributed by atoms with Gasteiger partial charge >= 0.3 is 23.9 Å². The first kappa shape index (κ1) is 31.0. The molecule has 0 bridgehead atoms. The van der Waals surface area contributed by atoms with Gasteiger partial charge < -0.3 is 46.2 Å². The molecule has 220 valence electrons. The Morgan fingerprint density at radius 3 is 2.41 bits per heavy atom. The number of esters is 3. The minimum absolute atomic E-state index is 0.0136. The quantitative estimate of drug-likeness (QED) is 0.0769. The third-order valence-corrected chi connectivity index (χ3v) is 6.16. The van der Waals surface area contributed by atoms with Crippen LogP contribution in [0.3, 0.4) is 0 Å². The van der Waals surface area contributed by atoms with Crippen LogP contribution in [0.2, 0.25) is 0 Å². The molecule has 2 aromatic rings. The number of hydrogen-bond donors (Lipinski definition) is 5. The summed E-state index contributed by atoms with van der Waals surface area (Å²) in [5.41, 5.74) is 13.1. The SMILES string of the molecule is CC(=O)OC[C@@H](OC(C)=O)[C@@H](OC(C)=O)[C@@H]1OC(C(=O)O)=C[C@H](N=C(N)N)[C@H]1NC(=S)Nc1ccc2nsnc2c1. The van der Waals surface area contributed by atoms with Gasteiger partial charge in [0.2, 0.25) is 5.76 Å². The maximum absolute atomic E-state index is 12.2. The largest absolute Gasteiger partial charge is 0.477 e. The highest BCUT2D eigenvalue weighted by molar-refractivity contribution is 7.80. The predicted octanol–water partition coefficient (Wildman–Crippen LogP) is -0.218. The van der Waals surface area contributed by atoms with Crippen LogP contribution in [0.25, 0.3) is 11.0 Å². The zero-order valence-corrected chi connectivity index (χ0v) is 23.6. The van der Waals surface area contributed by atoms with E-state index in [0.717, 1.165) is 38.6 Å². The lowest BCUT2D eigenvalue weighted by Crippen LogP contribution is -2.62. The van der Waals surface area contributed by atoms with Crippen molar-refractivity contribution in [2.75, 3.05) is 11.9 Å². The number of hydrogen-bond acceptors (Lipinski definition) is 13. The van der Waals surface area contributed by atoms with Gasteiger partial charge in [-0.05, 0) is 36.5 Å². The minimum Gasteiger partial charge on any atom is -0.477 e. The number of aliphatic carboxylic acids is 1. The molecule has 0 aliphatic carbocycles. The van der Waals surface area contributed by atoms with Gasteiger partial charge in [0.05, 0.1) is 23.8 Å². The number of rotatable bonds is 10. The molecule has 18 heteroatoms. The summed E-state index contributed by atoms with van der Waals surface area (Å²) in [6.45, 7) is 2.73. The Morgan fingerprint density at radius 1 is 1.12 bits per heavy atom.